The molecule has 6 heteroatoms. The van der Waals surface area contributed by atoms with E-state index < -0.39 is 12.0 Å². The van der Waals surface area contributed by atoms with Gasteiger partial charge in [0.15, 0.2) is 0 Å². The Kier molecular flexibility index (Phi) is 7.80. The van der Waals surface area contributed by atoms with E-state index in [4.69, 9.17) is 5.11 Å². The Morgan fingerprint density at radius 1 is 1.30 bits per heavy atom. The summed E-state index contributed by atoms with van der Waals surface area (Å²) in [6, 6.07) is -1.16. The first kappa shape index (κ1) is 17.1. The van der Waals surface area contributed by atoms with E-state index in [0.717, 1.165) is 24.5 Å². The fourth-order valence-corrected chi connectivity index (χ4v) is 2.94. The lowest BCUT2D eigenvalue weighted by Gasteiger charge is -2.26. The number of hydrogen-bond acceptors (Lipinski definition) is 3. The van der Waals surface area contributed by atoms with E-state index >= 15 is 0 Å². The standard InChI is InChI=1S/C14H26N2O3S/c1-10-3-5-11(6-4-10)9-15-14(19)16-12(13(17)18)7-8-20-2/h10-12H,3-9H2,1-2H3,(H,17,18)(H2,15,16,19). The Balaban J connectivity index is 2.25. The van der Waals surface area contributed by atoms with Crippen LogP contribution in [-0.4, -0.2) is 41.7 Å². The minimum absolute atomic E-state index is 0.364. The van der Waals surface area contributed by atoms with Crippen molar-refractivity contribution in [2.45, 2.75) is 45.1 Å². The molecular weight excluding hydrogens is 276 g/mol. The molecule has 1 saturated carbocycles. The number of thioether (sulfide) groups is 1. The van der Waals surface area contributed by atoms with Crippen molar-refractivity contribution in [2.24, 2.45) is 11.8 Å². The Morgan fingerprint density at radius 3 is 2.50 bits per heavy atom. The smallest absolute Gasteiger partial charge is 0.326 e. The number of carbonyl (C=O) groups is 2. The molecule has 1 fully saturated rings. The summed E-state index contributed by atoms with van der Waals surface area (Å²) in [6.07, 6.45) is 7.11. The summed E-state index contributed by atoms with van der Waals surface area (Å²) < 4.78 is 0. The van der Waals surface area contributed by atoms with E-state index in [0.29, 0.717) is 18.9 Å². The zero-order valence-corrected chi connectivity index (χ0v) is 13.2. The van der Waals surface area contributed by atoms with Crippen LogP contribution in [0.1, 0.15) is 39.0 Å². The second kappa shape index (κ2) is 9.10. The Morgan fingerprint density at radius 2 is 1.95 bits per heavy atom. The first-order valence-corrected chi connectivity index (χ1v) is 8.68. The highest BCUT2D eigenvalue weighted by molar-refractivity contribution is 7.98. The molecule has 0 aromatic heterocycles. The maximum atomic E-state index is 11.7. The van der Waals surface area contributed by atoms with E-state index in [-0.39, 0.29) is 6.03 Å². The van der Waals surface area contributed by atoms with E-state index in [1.165, 1.54) is 12.8 Å². The number of amides is 2. The Hall–Kier alpha value is -0.910. The van der Waals surface area contributed by atoms with Gasteiger partial charge in [0.2, 0.25) is 0 Å². The highest BCUT2D eigenvalue weighted by atomic mass is 32.2. The highest BCUT2D eigenvalue weighted by Crippen LogP contribution is 2.27. The van der Waals surface area contributed by atoms with Crippen molar-refractivity contribution in [1.82, 2.24) is 10.6 Å². The first-order valence-electron chi connectivity index (χ1n) is 7.29. The largest absolute Gasteiger partial charge is 0.480 e. The summed E-state index contributed by atoms with van der Waals surface area (Å²) in [4.78, 5) is 22.8. The fraction of sp³-hybridized carbons (Fsp3) is 0.857. The van der Waals surface area contributed by atoms with Crippen molar-refractivity contribution in [1.29, 1.82) is 0 Å². The molecule has 0 radical (unpaired) electrons. The molecule has 1 rings (SSSR count). The highest BCUT2D eigenvalue weighted by Gasteiger charge is 2.21. The molecule has 3 N–H and O–H groups in total. The molecule has 0 heterocycles. The van der Waals surface area contributed by atoms with Gasteiger partial charge >= 0.3 is 12.0 Å². The summed E-state index contributed by atoms with van der Waals surface area (Å²) in [7, 11) is 0. The number of carboxylic acid groups (broad SMARTS) is 1. The quantitative estimate of drug-likeness (QED) is 0.674. The molecule has 20 heavy (non-hydrogen) atoms. The number of carbonyl (C=O) groups excluding carboxylic acids is 1. The van der Waals surface area contributed by atoms with Gasteiger partial charge in [-0.1, -0.05) is 19.8 Å². The van der Waals surface area contributed by atoms with Crippen LogP contribution in [0, 0.1) is 11.8 Å². The number of rotatable bonds is 7. The molecule has 0 spiro atoms. The minimum Gasteiger partial charge on any atom is -0.480 e. The average molecular weight is 302 g/mol. The van der Waals surface area contributed by atoms with Crippen LogP contribution in [-0.2, 0) is 4.79 Å². The third-order valence-corrected chi connectivity index (χ3v) is 4.54. The zero-order chi connectivity index (χ0) is 15.0. The lowest BCUT2D eigenvalue weighted by molar-refractivity contribution is -0.139. The lowest BCUT2D eigenvalue weighted by Crippen LogP contribution is -2.47. The van der Waals surface area contributed by atoms with Gasteiger partial charge in [0.25, 0.3) is 0 Å². The van der Waals surface area contributed by atoms with Crippen LogP contribution in [0.4, 0.5) is 4.79 Å². The topological polar surface area (TPSA) is 78.4 Å². The van der Waals surface area contributed by atoms with Crippen LogP contribution in [0.15, 0.2) is 0 Å². The van der Waals surface area contributed by atoms with Crippen LogP contribution >= 0.6 is 11.8 Å². The van der Waals surface area contributed by atoms with E-state index in [9.17, 15) is 9.59 Å². The molecule has 116 valence electrons. The van der Waals surface area contributed by atoms with Crippen molar-refractivity contribution in [3.63, 3.8) is 0 Å². The van der Waals surface area contributed by atoms with Crippen molar-refractivity contribution in [3.8, 4) is 0 Å². The number of carboxylic acids is 1. The van der Waals surface area contributed by atoms with Crippen molar-refractivity contribution in [3.05, 3.63) is 0 Å². The van der Waals surface area contributed by atoms with E-state index in [1.54, 1.807) is 11.8 Å². The summed E-state index contributed by atoms with van der Waals surface area (Å²) in [5.41, 5.74) is 0. The van der Waals surface area contributed by atoms with Gasteiger partial charge in [-0.25, -0.2) is 9.59 Å². The fourth-order valence-electron chi connectivity index (χ4n) is 2.47. The van der Waals surface area contributed by atoms with Gasteiger partial charge in [0.1, 0.15) is 6.04 Å². The summed E-state index contributed by atoms with van der Waals surface area (Å²) in [5, 5.41) is 14.4. The molecule has 1 aliphatic rings. The number of aliphatic carboxylic acids is 1. The number of hydrogen-bond donors (Lipinski definition) is 3. The first-order chi connectivity index (χ1) is 9.52. The summed E-state index contributed by atoms with van der Waals surface area (Å²) in [5.74, 6) is 1.08. The molecule has 1 unspecified atom stereocenters. The second-order valence-electron chi connectivity index (χ2n) is 5.65. The van der Waals surface area contributed by atoms with Gasteiger partial charge in [-0.05, 0) is 43.1 Å². The van der Waals surface area contributed by atoms with Gasteiger partial charge in [0, 0.05) is 6.54 Å². The Bertz CT molecular complexity index is 318. The van der Waals surface area contributed by atoms with Gasteiger partial charge in [-0.15, -0.1) is 0 Å². The number of nitrogens with one attached hydrogen (secondary N) is 2. The van der Waals surface area contributed by atoms with Gasteiger partial charge < -0.3 is 15.7 Å². The maximum absolute atomic E-state index is 11.7. The number of urea groups is 1. The van der Waals surface area contributed by atoms with Crippen LogP contribution in [0.25, 0.3) is 0 Å². The molecule has 0 aliphatic heterocycles. The molecule has 0 aromatic carbocycles. The Labute approximate surface area is 125 Å². The monoisotopic (exact) mass is 302 g/mol. The van der Waals surface area contributed by atoms with Gasteiger partial charge in [-0.3, -0.25) is 0 Å². The van der Waals surface area contributed by atoms with Crippen LogP contribution in [0.5, 0.6) is 0 Å². The molecule has 1 aliphatic carbocycles. The lowest BCUT2D eigenvalue weighted by atomic mass is 9.83. The van der Waals surface area contributed by atoms with Crippen molar-refractivity contribution < 1.29 is 14.7 Å². The van der Waals surface area contributed by atoms with E-state index in [1.807, 2.05) is 6.26 Å². The molecule has 2 amide bonds. The third-order valence-electron chi connectivity index (χ3n) is 3.90. The average Bonchev–Trinajstić information content (AvgIpc) is 2.42. The minimum atomic E-state index is -0.972. The predicted octanol–water partition coefficient (Wildman–Crippen LogP) is 2.32. The second-order valence-corrected chi connectivity index (χ2v) is 6.64. The van der Waals surface area contributed by atoms with Crippen LogP contribution in [0.2, 0.25) is 0 Å². The molecule has 1 atom stereocenters. The maximum Gasteiger partial charge on any atom is 0.326 e. The molecule has 0 saturated heterocycles. The predicted molar refractivity (Wildman–Crippen MR) is 82.1 cm³/mol. The SMILES string of the molecule is CSCCC(NC(=O)NCC1CCC(C)CC1)C(=O)O. The molecule has 0 bridgehead atoms. The summed E-state index contributed by atoms with van der Waals surface area (Å²) >= 11 is 1.58. The van der Waals surface area contributed by atoms with E-state index in [2.05, 4.69) is 17.6 Å². The summed E-state index contributed by atoms with van der Waals surface area (Å²) in [6.45, 7) is 2.91. The van der Waals surface area contributed by atoms with Crippen LogP contribution < -0.4 is 10.6 Å². The third kappa shape index (κ3) is 6.50. The van der Waals surface area contributed by atoms with Crippen LogP contribution in [0.3, 0.4) is 0 Å². The normalized spacial score (nSPS) is 23.9. The molecule has 5 nitrogen and oxygen atoms in total. The van der Waals surface area contributed by atoms with Crippen molar-refractivity contribution >= 4 is 23.8 Å². The van der Waals surface area contributed by atoms with Gasteiger partial charge in [0.05, 0.1) is 0 Å². The molecular formula is C14H26N2O3S. The molecule has 0 aromatic rings. The zero-order valence-electron chi connectivity index (χ0n) is 12.4. The van der Waals surface area contributed by atoms with Gasteiger partial charge in [-0.2, -0.15) is 11.8 Å². The van der Waals surface area contributed by atoms with Crippen molar-refractivity contribution in [2.75, 3.05) is 18.6 Å².